The van der Waals surface area contributed by atoms with E-state index in [2.05, 4.69) is 38.1 Å². The minimum atomic E-state index is 0.843. The van der Waals surface area contributed by atoms with E-state index in [1.807, 2.05) is 0 Å². The maximum atomic E-state index is 2.26. The van der Waals surface area contributed by atoms with Crippen LogP contribution < -0.4 is 0 Å². The highest BCUT2D eigenvalue weighted by Gasteiger charge is 2.00. The molecule has 0 radical (unpaired) electrons. The highest BCUT2D eigenvalue weighted by Crippen LogP contribution is 2.15. The van der Waals surface area contributed by atoms with Gasteiger partial charge in [-0.3, -0.25) is 0 Å². The molecule has 0 aromatic heterocycles. The van der Waals surface area contributed by atoms with Crippen molar-refractivity contribution in [3.8, 4) is 0 Å². The summed E-state index contributed by atoms with van der Waals surface area (Å²) in [6, 6.07) is 8.93. The molecule has 58 valence electrons. The Kier molecular flexibility index (Phi) is 3.18. The first-order chi connectivity index (χ1) is 5.24. The molecule has 0 aliphatic rings. The van der Waals surface area contributed by atoms with Gasteiger partial charge in [0.05, 0.1) is 0 Å². The third-order valence-corrected chi connectivity index (χ3v) is 3.74. The van der Waals surface area contributed by atoms with E-state index < -0.39 is 0 Å². The number of aryl methyl sites for hydroxylation is 1. The highest BCUT2D eigenvalue weighted by atomic mass is 27.0. The van der Waals surface area contributed by atoms with Crippen molar-refractivity contribution in [3.05, 3.63) is 35.4 Å². The smallest absolute Gasteiger partial charge is 0.0672 e. The van der Waals surface area contributed by atoms with Crippen LogP contribution in [0.4, 0.5) is 0 Å². The Morgan fingerprint density at radius 3 is 2.27 bits per heavy atom. The normalized spacial score (nSPS) is 12.9. The summed E-state index contributed by atoms with van der Waals surface area (Å²) in [7, 11) is 0. The van der Waals surface area contributed by atoms with E-state index in [0.717, 1.165) is 4.78 Å². The lowest BCUT2D eigenvalue weighted by Crippen LogP contribution is -1.95. The fourth-order valence-electron chi connectivity index (χ4n) is 1.13. The van der Waals surface area contributed by atoms with Crippen LogP contribution in [-0.4, -0.2) is 16.3 Å². The Labute approximate surface area is 77.1 Å². The van der Waals surface area contributed by atoms with Crippen LogP contribution in [-0.2, 0) is 0 Å². The molecule has 0 N–H and O–H groups in total. The quantitative estimate of drug-likeness (QED) is 0.584. The summed E-state index contributed by atoms with van der Waals surface area (Å²) in [6.07, 6.45) is 1.29. The zero-order valence-electron chi connectivity index (χ0n) is 7.59. The Balaban J connectivity index is 2.81. The van der Waals surface area contributed by atoms with Gasteiger partial charge in [-0.25, -0.2) is 0 Å². The van der Waals surface area contributed by atoms with Crippen molar-refractivity contribution in [2.45, 2.75) is 25.0 Å². The van der Waals surface area contributed by atoms with Crippen LogP contribution >= 0.6 is 0 Å². The van der Waals surface area contributed by atoms with Crippen LogP contribution in [0.2, 0.25) is 0 Å². The minimum Gasteiger partial charge on any atom is -0.0672 e. The predicted octanol–water partition coefficient (Wildman–Crippen LogP) is 2.08. The Bertz CT molecular complexity index is 213. The lowest BCUT2D eigenvalue weighted by atomic mass is 10.1. The van der Waals surface area contributed by atoms with E-state index in [-0.39, 0.29) is 0 Å². The summed E-state index contributed by atoms with van der Waals surface area (Å²) in [6.45, 7) is 4.40. The van der Waals surface area contributed by atoms with Crippen molar-refractivity contribution >= 4 is 16.3 Å². The number of rotatable bonds is 2. The van der Waals surface area contributed by atoms with Gasteiger partial charge in [0.15, 0.2) is 0 Å². The average molecular weight is 162 g/mol. The molecule has 1 aromatic rings. The fourth-order valence-corrected chi connectivity index (χ4v) is 1.52. The van der Waals surface area contributed by atoms with Crippen molar-refractivity contribution in [3.63, 3.8) is 0 Å². The van der Waals surface area contributed by atoms with E-state index >= 15 is 0 Å². The molecule has 1 aromatic carbocycles. The second kappa shape index (κ2) is 3.95. The highest BCUT2D eigenvalue weighted by molar-refractivity contribution is 6.12. The van der Waals surface area contributed by atoms with Gasteiger partial charge in [-0.2, -0.15) is 0 Å². The van der Waals surface area contributed by atoms with Gasteiger partial charge in [0.2, 0.25) is 16.3 Å². The second-order valence-corrected chi connectivity index (χ2v) is 4.61. The SMILES string of the molecule is CC[CH]([AlH2])c1ccc(C)cc1. The van der Waals surface area contributed by atoms with Crippen LogP contribution in [0, 0.1) is 6.92 Å². The van der Waals surface area contributed by atoms with E-state index in [1.165, 1.54) is 33.8 Å². The number of hydrogen-bond donors (Lipinski definition) is 0. The zero-order valence-corrected chi connectivity index (χ0v) is 9.59. The first kappa shape index (κ1) is 8.85. The molecule has 0 bridgehead atoms. The van der Waals surface area contributed by atoms with Crippen LogP contribution in [0.15, 0.2) is 24.3 Å². The van der Waals surface area contributed by atoms with Crippen LogP contribution in [0.5, 0.6) is 0 Å². The first-order valence-electron chi connectivity index (χ1n) is 4.30. The van der Waals surface area contributed by atoms with Gasteiger partial charge in [-0.05, 0) is 6.92 Å². The largest absolute Gasteiger partial charge is 0.223 e. The maximum absolute atomic E-state index is 2.26. The summed E-state index contributed by atoms with van der Waals surface area (Å²) < 4.78 is 0.843. The lowest BCUT2D eigenvalue weighted by Gasteiger charge is -2.08. The summed E-state index contributed by atoms with van der Waals surface area (Å²) in [4.78, 5) is 0. The van der Waals surface area contributed by atoms with Crippen LogP contribution in [0.3, 0.4) is 0 Å². The Morgan fingerprint density at radius 2 is 1.82 bits per heavy atom. The minimum absolute atomic E-state index is 0.843. The van der Waals surface area contributed by atoms with Gasteiger partial charge in [0.1, 0.15) is 0 Å². The third kappa shape index (κ3) is 2.36. The van der Waals surface area contributed by atoms with E-state index in [1.54, 1.807) is 0 Å². The lowest BCUT2D eigenvalue weighted by molar-refractivity contribution is 0.882. The first-order valence-corrected chi connectivity index (χ1v) is 5.46. The van der Waals surface area contributed by atoms with E-state index in [4.69, 9.17) is 0 Å². The summed E-state index contributed by atoms with van der Waals surface area (Å²) in [5.74, 6) is 0. The molecule has 1 atom stereocenters. The number of hydrogen-bond acceptors (Lipinski definition) is 0. The topological polar surface area (TPSA) is 0 Å². The molecule has 0 aliphatic heterocycles. The molecule has 0 saturated heterocycles. The van der Waals surface area contributed by atoms with Crippen molar-refractivity contribution in [2.75, 3.05) is 0 Å². The Morgan fingerprint density at radius 1 is 1.27 bits per heavy atom. The van der Waals surface area contributed by atoms with Gasteiger partial charge < -0.3 is 0 Å². The molecule has 1 unspecified atom stereocenters. The molecule has 0 saturated carbocycles. The standard InChI is InChI=1S/C10H13.Al.2H/c1-3-4-10-7-5-9(2)6-8-10;;;/h4-8H,3H2,1-2H3;;;. The number of benzene rings is 1. The van der Waals surface area contributed by atoms with Gasteiger partial charge in [0.25, 0.3) is 0 Å². The molecule has 0 spiro atoms. The predicted molar refractivity (Wildman–Crippen MR) is 52.8 cm³/mol. The average Bonchev–Trinajstić information content (AvgIpc) is 2.05. The Hall–Kier alpha value is -0.248. The fraction of sp³-hybridized carbons (Fsp3) is 0.400. The van der Waals surface area contributed by atoms with E-state index in [0.29, 0.717) is 0 Å². The summed E-state index contributed by atoms with van der Waals surface area (Å²) >= 11 is 1.28. The monoisotopic (exact) mass is 162 g/mol. The molecule has 11 heavy (non-hydrogen) atoms. The van der Waals surface area contributed by atoms with Gasteiger partial charge in [0, 0.05) is 0 Å². The molecule has 0 amide bonds. The molecular weight excluding hydrogens is 147 g/mol. The maximum Gasteiger partial charge on any atom is 0.223 e. The molecule has 0 nitrogen and oxygen atoms in total. The van der Waals surface area contributed by atoms with Crippen molar-refractivity contribution in [1.29, 1.82) is 0 Å². The molecular formula is C10H15Al. The summed E-state index contributed by atoms with van der Waals surface area (Å²) in [5, 5.41) is 0. The zero-order chi connectivity index (χ0) is 8.27. The third-order valence-electron chi connectivity index (χ3n) is 2.26. The van der Waals surface area contributed by atoms with Crippen molar-refractivity contribution in [1.82, 2.24) is 0 Å². The van der Waals surface area contributed by atoms with Crippen molar-refractivity contribution in [2.24, 2.45) is 0 Å². The van der Waals surface area contributed by atoms with Crippen LogP contribution in [0.1, 0.15) is 29.3 Å². The summed E-state index contributed by atoms with van der Waals surface area (Å²) in [5.41, 5.74) is 2.88. The molecule has 0 aliphatic carbocycles. The molecule has 1 heteroatoms. The molecule has 0 fully saturated rings. The van der Waals surface area contributed by atoms with Gasteiger partial charge in [-0.15, -0.1) is 0 Å². The van der Waals surface area contributed by atoms with E-state index in [9.17, 15) is 0 Å². The van der Waals surface area contributed by atoms with Gasteiger partial charge in [-0.1, -0.05) is 53.5 Å². The molecule has 1 rings (SSSR count). The second-order valence-electron chi connectivity index (χ2n) is 3.22. The van der Waals surface area contributed by atoms with Crippen molar-refractivity contribution < 1.29 is 0 Å². The molecule has 0 heterocycles. The van der Waals surface area contributed by atoms with Crippen LogP contribution in [0.25, 0.3) is 0 Å². The van der Waals surface area contributed by atoms with Gasteiger partial charge >= 0.3 is 0 Å².